The van der Waals surface area contributed by atoms with Gasteiger partial charge in [-0.05, 0) is 122 Å². The van der Waals surface area contributed by atoms with E-state index in [0.29, 0.717) is 101 Å². The molecule has 0 spiro atoms. The minimum Gasteiger partial charge on any atom is -0.444 e. The zero-order valence-electron chi connectivity index (χ0n) is 71.9. The number of fused-ring (bicyclic) bond motifs is 18. The SMILES string of the molecule is CC(C)(C)OC(=O)N1C2COCC1C(F)c1oncc12.CC(C)(C)OC(=O)N1C2COCC1C(O)C(=O)C2.CC(C)(C)OC(=O)N1C2COCC1C(O)c1oncc12.CN(C)C(OC(C)(C)C)N(C)C.CO.FC1c2oncc2C2COCC1N2.O=C1CC2COCC(C1)N2Cc1ccccc1.O=C1CC2COCC(C1O)N2Cc1ccccc1. The van der Waals surface area contributed by atoms with E-state index in [9.17, 15) is 52.9 Å². The Bertz CT molecular complexity index is 4000. The smallest absolute Gasteiger partial charge is 0.411 e. The van der Waals surface area contributed by atoms with E-state index in [1.807, 2.05) is 83.0 Å². The van der Waals surface area contributed by atoms with E-state index in [4.69, 9.17) is 66.0 Å². The van der Waals surface area contributed by atoms with E-state index in [-0.39, 0.29) is 110 Å². The molecule has 17 rings (SSSR count). The minimum absolute atomic E-state index is 0.0439. The van der Waals surface area contributed by atoms with Gasteiger partial charge in [0.05, 0.1) is 158 Å². The van der Waals surface area contributed by atoms with E-state index < -0.39 is 89.9 Å². The highest BCUT2D eigenvalue weighted by Gasteiger charge is 2.54. The first-order valence-corrected chi connectivity index (χ1v) is 40.8. The van der Waals surface area contributed by atoms with Crippen LogP contribution in [0.5, 0.6) is 0 Å². The number of hydrogen-bond acceptors (Lipinski definition) is 31. The lowest BCUT2D eigenvalue weighted by molar-refractivity contribution is -0.179. The van der Waals surface area contributed by atoms with Gasteiger partial charge in [-0.1, -0.05) is 76.1 Å². The van der Waals surface area contributed by atoms with Crippen LogP contribution in [0.15, 0.2) is 92.8 Å². The summed E-state index contributed by atoms with van der Waals surface area (Å²) in [6, 6.07) is 17.9. The molecule has 12 bridgehead atoms. The molecule has 36 heteroatoms. The van der Waals surface area contributed by atoms with Crippen molar-refractivity contribution in [2.24, 2.45) is 0 Å². The van der Waals surface area contributed by atoms with Crippen molar-refractivity contribution in [1.29, 1.82) is 0 Å². The van der Waals surface area contributed by atoms with Crippen molar-refractivity contribution in [2.75, 3.05) is 115 Å². The van der Waals surface area contributed by atoms with Crippen LogP contribution in [0.2, 0.25) is 0 Å². The summed E-state index contributed by atoms with van der Waals surface area (Å²) in [6.07, 6.45) is -0.690. The molecule has 17 unspecified atom stereocenters. The topological polar surface area (TPSA) is 388 Å². The summed E-state index contributed by atoms with van der Waals surface area (Å²) in [5, 5.41) is 51.2. The van der Waals surface area contributed by atoms with Gasteiger partial charge in [-0.25, -0.2) is 23.2 Å². The number of aliphatic hydroxyl groups is 4. The number of aromatic nitrogens is 3. The molecule has 2 aromatic carbocycles. The number of benzene rings is 2. The number of hydrogen-bond donors (Lipinski definition) is 5. The average Bonchev–Trinajstić information content (AvgIpc) is 1.36. The van der Waals surface area contributed by atoms with Gasteiger partial charge < -0.3 is 81.4 Å². The Hall–Kier alpha value is -7.89. The van der Waals surface area contributed by atoms with Gasteiger partial charge in [0.25, 0.3) is 0 Å². The number of aliphatic hydroxyl groups excluding tert-OH is 4. The molecular formula is C84H123F2N11O23. The second-order valence-corrected chi connectivity index (χ2v) is 35.8. The molecule has 9 fully saturated rings. The van der Waals surface area contributed by atoms with Crippen LogP contribution in [0.3, 0.4) is 0 Å². The normalized spacial score (nSPS) is 29.0. The molecular weight excluding hydrogens is 1570 g/mol. The highest BCUT2D eigenvalue weighted by Crippen LogP contribution is 2.46. The van der Waals surface area contributed by atoms with E-state index in [0.717, 1.165) is 25.8 Å². The molecule has 3 aromatic heterocycles. The van der Waals surface area contributed by atoms with E-state index in [2.05, 4.69) is 87.8 Å². The number of carbonyl (C=O) groups is 6. The predicted octanol–water partition coefficient (Wildman–Crippen LogP) is 7.85. The molecule has 0 aliphatic carbocycles. The molecule has 17 atom stereocenters. The van der Waals surface area contributed by atoms with Crippen LogP contribution in [0.4, 0.5) is 23.2 Å². The predicted molar refractivity (Wildman–Crippen MR) is 426 cm³/mol. The monoisotopic (exact) mass is 1690 g/mol. The first kappa shape index (κ1) is 94.4. The van der Waals surface area contributed by atoms with Crippen molar-refractivity contribution in [2.45, 2.75) is 254 Å². The highest BCUT2D eigenvalue weighted by molar-refractivity contribution is 5.87. The first-order valence-electron chi connectivity index (χ1n) is 40.8. The standard InChI is InChI=1S/C14H17NO3.C14H17NO2.C13H17FN2O4.C13H18N2O5.C12H19NO5.C9H22N2O.C8H9FN2O2.CH4O/c16-13-6-11-8-18-9-12(14(13)17)15(11)7-10-4-2-1-3-5-10;16-14-6-12-9-17-10-13(7-14)15(12)8-11-4-2-1-3-5-11;1-13(2,3)19-12(17)16-8-5-18-6-9(16)10(14)11-7(8)4-15-20-11;1-13(2,3)19-12(17)15-8-5-18-6-9(15)10(16)11-7(8)4-14-20-11;1-12(2,3)18-11(16)13-7-4-9(14)10(15)8(13)6-17-5-7;1-9(2,3)12-8(10(4)5)11(6)7;9-7-6-3-12-2-5(11-6)4-1-10-13-8(4)7;1-2/h1-5,11-12,14,17H,6-9H2;1-5,12-13H,6-10H2;4,8-10H,5-6H2,1-3H3;4,8-10,16H,5-6H2,1-3H3;7-8,10,15H,4-6H2,1-3H3;8H,1-7H3;1,5-7,11H,2-3H2;2H,1H3. The zero-order valence-corrected chi connectivity index (χ0v) is 71.9. The largest absolute Gasteiger partial charge is 0.444 e. The van der Waals surface area contributed by atoms with Gasteiger partial charge in [-0.15, -0.1) is 0 Å². The third-order valence-corrected chi connectivity index (χ3v) is 21.5. The second-order valence-electron chi connectivity index (χ2n) is 35.8. The molecule has 9 saturated heterocycles. The molecule has 12 aliphatic rings. The molecule has 3 amide bonds. The molecule has 5 aromatic rings. The third kappa shape index (κ3) is 23.9. The maximum atomic E-state index is 14.5. The average molecular weight is 1690 g/mol. The van der Waals surface area contributed by atoms with Crippen LogP contribution in [-0.2, 0) is 74.8 Å². The van der Waals surface area contributed by atoms with Gasteiger partial charge >= 0.3 is 18.3 Å². The van der Waals surface area contributed by atoms with Crippen molar-refractivity contribution in [3.05, 3.63) is 124 Å². The summed E-state index contributed by atoms with van der Waals surface area (Å²) < 4.78 is 97.4. The third-order valence-electron chi connectivity index (χ3n) is 21.5. The lowest BCUT2D eigenvalue weighted by Gasteiger charge is -2.47. The summed E-state index contributed by atoms with van der Waals surface area (Å²) in [7, 11) is 9.04. The Morgan fingerprint density at radius 1 is 0.458 bits per heavy atom. The number of nitrogens with one attached hydrogen (secondary N) is 1. The van der Waals surface area contributed by atoms with Crippen molar-refractivity contribution >= 4 is 35.6 Å². The number of alkyl halides is 2. The molecule has 0 radical (unpaired) electrons. The molecule has 0 saturated carbocycles. The van der Waals surface area contributed by atoms with Gasteiger partial charge in [0.2, 0.25) is 0 Å². The zero-order chi connectivity index (χ0) is 87.5. The maximum Gasteiger partial charge on any atom is 0.411 e. The number of morpholine rings is 6. The molecule has 15 heterocycles. The van der Waals surface area contributed by atoms with Crippen molar-refractivity contribution in [3.8, 4) is 0 Å². The Morgan fingerprint density at radius 3 is 1.33 bits per heavy atom. The Kier molecular flexibility index (Phi) is 32.3. The number of nitrogens with zero attached hydrogens (tertiary/aromatic N) is 10. The molecule has 34 nitrogen and oxygen atoms in total. The lowest BCUT2D eigenvalue weighted by atomic mass is 9.90. The van der Waals surface area contributed by atoms with Gasteiger partial charge in [-0.3, -0.25) is 54.0 Å². The molecule has 5 N–H and O–H groups in total. The second kappa shape index (κ2) is 41.1. The van der Waals surface area contributed by atoms with Crippen molar-refractivity contribution in [3.63, 3.8) is 0 Å². The number of piperidine rings is 3. The lowest BCUT2D eigenvalue weighted by Crippen LogP contribution is -2.65. The number of rotatable bonds is 7. The van der Waals surface area contributed by atoms with Gasteiger partial charge in [0.1, 0.15) is 40.9 Å². The minimum atomic E-state index is -1.45. The summed E-state index contributed by atoms with van der Waals surface area (Å²) in [6.45, 7) is 28.9. The van der Waals surface area contributed by atoms with E-state index in [1.165, 1.54) is 33.3 Å². The van der Waals surface area contributed by atoms with E-state index in [1.54, 1.807) is 52.6 Å². The van der Waals surface area contributed by atoms with Crippen LogP contribution in [-0.4, -0.2) is 316 Å². The van der Waals surface area contributed by atoms with Crippen LogP contribution < -0.4 is 5.32 Å². The van der Waals surface area contributed by atoms with Crippen LogP contribution >= 0.6 is 0 Å². The number of amides is 3. The van der Waals surface area contributed by atoms with Crippen LogP contribution in [0.1, 0.15) is 190 Å². The summed E-state index contributed by atoms with van der Waals surface area (Å²) in [5.41, 5.74) is 2.63. The maximum absolute atomic E-state index is 14.5. The number of carbonyl (C=O) groups excluding carboxylic acids is 6. The molecule has 120 heavy (non-hydrogen) atoms. The van der Waals surface area contributed by atoms with Crippen LogP contribution in [0, 0.1) is 0 Å². The quantitative estimate of drug-likeness (QED) is 0.0764. The summed E-state index contributed by atoms with van der Waals surface area (Å²) >= 11 is 0. The summed E-state index contributed by atoms with van der Waals surface area (Å²) in [4.78, 5) is 84.8. The Balaban J connectivity index is 0.000000147. The fraction of sp³-hybridized carbons (Fsp3) is 0.679. The van der Waals surface area contributed by atoms with Gasteiger partial charge in [-0.2, -0.15) is 0 Å². The van der Waals surface area contributed by atoms with Crippen molar-refractivity contribution < 1.29 is 119 Å². The molecule has 12 aliphatic heterocycles. The number of ether oxygens (including phenoxy) is 10. The van der Waals surface area contributed by atoms with Crippen molar-refractivity contribution in [1.82, 2.24) is 55.1 Å². The fourth-order valence-corrected chi connectivity index (χ4v) is 16.2. The Morgan fingerprint density at radius 2 is 0.842 bits per heavy atom. The number of halogens is 2. The van der Waals surface area contributed by atoms with E-state index >= 15 is 0 Å². The highest BCUT2D eigenvalue weighted by atomic mass is 19.1. The fourth-order valence-electron chi connectivity index (χ4n) is 16.2. The first-order chi connectivity index (χ1) is 56.7. The molecule has 666 valence electrons. The number of Topliss-reactive ketones (excluding diaryl/α,β-unsaturated/α-hetero) is 3. The Labute approximate surface area is 699 Å². The number of ketones is 3. The van der Waals surface area contributed by atoms with Gasteiger partial charge in [0, 0.05) is 80.7 Å². The van der Waals surface area contributed by atoms with Crippen LogP contribution in [0.25, 0.3) is 0 Å². The summed E-state index contributed by atoms with van der Waals surface area (Å²) in [5.74, 6) is 1.11. The van der Waals surface area contributed by atoms with Gasteiger partial charge in [0.15, 0.2) is 47.5 Å².